The predicted octanol–water partition coefficient (Wildman–Crippen LogP) is 1.96. The molecule has 0 saturated carbocycles. The summed E-state index contributed by atoms with van der Waals surface area (Å²) in [5, 5.41) is 39.8. The zero-order valence-electron chi connectivity index (χ0n) is 17.5. The van der Waals surface area contributed by atoms with Gasteiger partial charge in [0.25, 0.3) is 0 Å². The highest BCUT2D eigenvalue weighted by molar-refractivity contribution is 6.12. The van der Waals surface area contributed by atoms with Crippen LogP contribution >= 0.6 is 0 Å². The molecule has 1 aromatic heterocycles. The Hall–Kier alpha value is -3.01. The Balaban J connectivity index is 1.40. The number of likely N-dealkylation sites (tertiary alicyclic amines) is 2. The van der Waals surface area contributed by atoms with Crippen LogP contribution < -0.4 is 5.48 Å². The lowest BCUT2D eigenvalue weighted by Gasteiger charge is -2.25. The first-order valence-electron chi connectivity index (χ1n) is 10.5. The number of aromatic nitrogens is 2. The van der Waals surface area contributed by atoms with Gasteiger partial charge in [-0.2, -0.15) is 5.10 Å². The number of amidine groups is 1. The molecule has 2 saturated heterocycles. The summed E-state index contributed by atoms with van der Waals surface area (Å²) in [7, 11) is 0. The van der Waals surface area contributed by atoms with Crippen molar-refractivity contribution in [3.8, 4) is 5.69 Å². The van der Waals surface area contributed by atoms with Crippen molar-refractivity contribution in [3.05, 3.63) is 54.4 Å². The van der Waals surface area contributed by atoms with Crippen molar-refractivity contribution in [2.75, 3.05) is 44.8 Å². The Kier molecular flexibility index (Phi) is 6.17. The van der Waals surface area contributed by atoms with Crippen molar-refractivity contribution in [1.29, 1.82) is 10.8 Å². The number of benzene rings is 1. The van der Waals surface area contributed by atoms with Gasteiger partial charge >= 0.3 is 0 Å². The molecule has 3 heterocycles. The van der Waals surface area contributed by atoms with Crippen LogP contribution in [0.2, 0.25) is 0 Å². The standard InChI is InChI=1S/C22H29N7O2/c23-19(18-3-2-17(14-20(18)26-31)29-9-1-8-25-29)4-5-21(24)28-11-7-22(16-28)6-10-27(15-22)12-13-30/h1-5,8-9,14,23-24,26,30-31H,6-7,10-13,15-16H2. The van der Waals surface area contributed by atoms with Crippen LogP contribution in [0.15, 0.2) is 48.8 Å². The maximum absolute atomic E-state index is 9.55. The molecule has 1 spiro atoms. The third kappa shape index (κ3) is 4.53. The SMILES string of the molecule is N=C(C=CC(=N)N1CCC2(CCN(CCO)C2)C1)c1ccc(-n2cccn2)cc1NO. The number of nitrogens with zero attached hydrogens (tertiary/aromatic N) is 4. The van der Waals surface area contributed by atoms with Gasteiger partial charge in [-0.3, -0.25) is 16.1 Å². The van der Waals surface area contributed by atoms with E-state index in [9.17, 15) is 10.3 Å². The quantitative estimate of drug-likeness (QED) is 0.263. The van der Waals surface area contributed by atoms with Crippen molar-refractivity contribution >= 4 is 17.2 Å². The Bertz CT molecular complexity index is 972. The fourth-order valence-corrected chi connectivity index (χ4v) is 4.61. The van der Waals surface area contributed by atoms with E-state index in [4.69, 9.17) is 10.8 Å². The molecule has 9 heteroatoms. The van der Waals surface area contributed by atoms with Crippen molar-refractivity contribution in [2.24, 2.45) is 5.41 Å². The van der Waals surface area contributed by atoms with Gasteiger partial charge in [0.15, 0.2) is 0 Å². The molecule has 31 heavy (non-hydrogen) atoms. The molecule has 0 aliphatic carbocycles. The molecule has 2 fully saturated rings. The second-order valence-corrected chi connectivity index (χ2v) is 8.35. The molecule has 2 aliphatic heterocycles. The molecule has 4 rings (SSSR count). The number of hydrogen-bond donors (Lipinski definition) is 5. The van der Waals surface area contributed by atoms with Gasteiger partial charge in [0, 0.05) is 49.6 Å². The summed E-state index contributed by atoms with van der Waals surface area (Å²) < 4.78 is 1.67. The lowest BCUT2D eigenvalue weighted by molar-refractivity contribution is 0.202. The van der Waals surface area contributed by atoms with Crippen molar-refractivity contribution < 1.29 is 10.3 Å². The Morgan fingerprint density at radius 2 is 2.03 bits per heavy atom. The number of nitrogens with one attached hydrogen (secondary N) is 3. The van der Waals surface area contributed by atoms with Gasteiger partial charge in [0.1, 0.15) is 5.84 Å². The van der Waals surface area contributed by atoms with Crippen molar-refractivity contribution in [2.45, 2.75) is 12.8 Å². The molecule has 5 N–H and O–H groups in total. The predicted molar refractivity (Wildman–Crippen MR) is 119 cm³/mol. The fraction of sp³-hybridized carbons (Fsp3) is 0.409. The van der Waals surface area contributed by atoms with Gasteiger partial charge in [-0.25, -0.2) is 4.68 Å². The van der Waals surface area contributed by atoms with Gasteiger partial charge in [-0.15, -0.1) is 0 Å². The van der Waals surface area contributed by atoms with Gasteiger partial charge in [0.2, 0.25) is 0 Å². The maximum atomic E-state index is 9.55. The first-order chi connectivity index (χ1) is 15.0. The Labute approximate surface area is 181 Å². The summed E-state index contributed by atoms with van der Waals surface area (Å²) in [5.41, 5.74) is 4.29. The number of allylic oxidation sites excluding steroid dienone is 1. The zero-order valence-corrected chi connectivity index (χ0v) is 17.5. The van der Waals surface area contributed by atoms with Crippen LogP contribution in [0.3, 0.4) is 0 Å². The van der Waals surface area contributed by atoms with Gasteiger partial charge in [-0.1, -0.05) is 0 Å². The summed E-state index contributed by atoms with van der Waals surface area (Å²) in [6.07, 6.45) is 8.89. The summed E-state index contributed by atoms with van der Waals surface area (Å²) in [6, 6.07) is 7.12. The second kappa shape index (κ2) is 9.01. The Morgan fingerprint density at radius 3 is 2.77 bits per heavy atom. The molecular formula is C22H29N7O2. The normalized spacial score (nSPS) is 21.4. The third-order valence-electron chi connectivity index (χ3n) is 6.30. The average molecular weight is 424 g/mol. The van der Waals surface area contributed by atoms with E-state index >= 15 is 0 Å². The highest BCUT2D eigenvalue weighted by Crippen LogP contribution is 2.39. The number of anilines is 1. The molecule has 2 aliphatic rings. The lowest BCUT2D eigenvalue weighted by Crippen LogP contribution is -2.33. The lowest BCUT2D eigenvalue weighted by atomic mass is 9.86. The minimum Gasteiger partial charge on any atom is -0.395 e. The molecule has 0 bridgehead atoms. The summed E-state index contributed by atoms with van der Waals surface area (Å²) >= 11 is 0. The van der Waals surface area contributed by atoms with E-state index in [1.165, 1.54) is 0 Å². The molecule has 0 radical (unpaired) electrons. The van der Waals surface area contributed by atoms with Gasteiger partial charge in [0.05, 0.1) is 23.7 Å². The van der Waals surface area contributed by atoms with E-state index in [0.29, 0.717) is 17.1 Å². The largest absolute Gasteiger partial charge is 0.395 e. The van der Waals surface area contributed by atoms with Crippen LogP contribution in [0, 0.1) is 16.2 Å². The number of β-amino-alcohol motifs (C(OH)–C–C–N with tert-alkyl or cyclic N) is 1. The first-order valence-corrected chi connectivity index (χ1v) is 10.5. The van der Waals surface area contributed by atoms with E-state index in [1.807, 2.05) is 12.1 Å². The fourth-order valence-electron chi connectivity index (χ4n) is 4.61. The van der Waals surface area contributed by atoms with E-state index in [1.54, 1.807) is 41.4 Å². The van der Waals surface area contributed by atoms with Crippen LogP contribution in [0.5, 0.6) is 0 Å². The summed E-state index contributed by atoms with van der Waals surface area (Å²) in [6.45, 7) is 4.57. The van der Waals surface area contributed by atoms with Crippen molar-refractivity contribution in [3.63, 3.8) is 0 Å². The van der Waals surface area contributed by atoms with Crippen LogP contribution in [0.25, 0.3) is 5.69 Å². The maximum Gasteiger partial charge on any atom is 0.120 e. The smallest absolute Gasteiger partial charge is 0.120 e. The highest BCUT2D eigenvalue weighted by atomic mass is 16.5. The van der Waals surface area contributed by atoms with Crippen LogP contribution in [0.1, 0.15) is 18.4 Å². The molecule has 0 amide bonds. The topological polar surface area (TPSA) is 124 Å². The van der Waals surface area contributed by atoms with E-state index in [0.717, 1.165) is 51.3 Å². The van der Waals surface area contributed by atoms with Crippen LogP contribution in [-0.4, -0.2) is 80.8 Å². The first kappa shape index (κ1) is 21.2. The molecule has 1 aromatic carbocycles. The average Bonchev–Trinajstić information content (AvgIpc) is 3.54. The minimum atomic E-state index is 0.189. The molecule has 1 unspecified atom stereocenters. The van der Waals surface area contributed by atoms with E-state index in [2.05, 4.69) is 20.4 Å². The molecular weight excluding hydrogens is 394 g/mol. The van der Waals surface area contributed by atoms with E-state index in [-0.39, 0.29) is 17.7 Å². The van der Waals surface area contributed by atoms with Crippen LogP contribution in [0.4, 0.5) is 5.69 Å². The Morgan fingerprint density at radius 1 is 1.19 bits per heavy atom. The molecule has 164 valence electrons. The number of rotatable bonds is 7. The number of hydrogen-bond acceptors (Lipinski definition) is 7. The number of aliphatic hydroxyl groups excluding tert-OH is 1. The summed E-state index contributed by atoms with van der Waals surface area (Å²) in [4.78, 5) is 4.37. The van der Waals surface area contributed by atoms with Gasteiger partial charge in [-0.05, 0) is 55.8 Å². The van der Waals surface area contributed by atoms with E-state index < -0.39 is 0 Å². The third-order valence-corrected chi connectivity index (χ3v) is 6.30. The molecule has 1 atom stereocenters. The highest BCUT2D eigenvalue weighted by Gasteiger charge is 2.43. The number of aliphatic hydroxyl groups is 1. The monoisotopic (exact) mass is 423 g/mol. The second-order valence-electron chi connectivity index (χ2n) is 8.35. The van der Waals surface area contributed by atoms with Crippen LogP contribution in [-0.2, 0) is 0 Å². The summed E-state index contributed by atoms with van der Waals surface area (Å²) in [5.74, 6) is 0.397. The van der Waals surface area contributed by atoms with Crippen molar-refractivity contribution in [1.82, 2.24) is 19.6 Å². The molecule has 2 aromatic rings. The minimum absolute atomic E-state index is 0.189. The molecule has 9 nitrogen and oxygen atoms in total. The van der Waals surface area contributed by atoms with Gasteiger partial charge < -0.3 is 20.3 Å². The zero-order chi connectivity index (χ0) is 21.8.